The van der Waals surface area contributed by atoms with Crippen molar-refractivity contribution < 1.29 is 8.42 Å². The van der Waals surface area contributed by atoms with Crippen LogP contribution in [0.5, 0.6) is 0 Å². The van der Waals surface area contributed by atoms with Crippen LogP contribution in [0.15, 0.2) is 54.6 Å². The lowest BCUT2D eigenvalue weighted by Gasteiger charge is -2.19. The van der Waals surface area contributed by atoms with Crippen molar-refractivity contribution in [3.8, 4) is 0 Å². The fourth-order valence-corrected chi connectivity index (χ4v) is 2.89. The number of anilines is 1. The van der Waals surface area contributed by atoms with Crippen molar-refractivity contribution in [2.24, 2.45) is 5.14 Å². The first-order valence-corrected chi connectivity index (χ1v) is 8.60. The average Bonchev–Trinajstić information content (AvgIpc) is 2.46. The molecule has 4 nitrogen and oxygen atoms in total. The summed E-state index contributed by atoms with van der Waals surface area (Å²) in [6.45, 7) is 2.13. The third-order valence-electron chi connectivity index (χ3n) is 3.27. The van der Waals surface area contributed by atoms with Crippen LogP contribution in [-0.2, 0) is 15.8 Å². The fraction of sp³-hybridized carbons (Fsp3) is 0.250. The van der Waals surface area contributed by atoms with E-state index in [2.05, 4.69) is 24.4 Å². The highest BCUT2D eigenvalue weighted by molar-refractivity contribution is 7.88. The van der Waals surface area contributed by atoms with E-state index in [0.717, 1.165) is 12.1 Å². The van der Waals surface area contributed by atoms with E-state index < -0.39 is 10.0 Å². The Hall–Kier alpha value is -1.85. The van der Waals surface area contributed by atoms with Crippen LogP contribution in [0.4, 0.5) is 5.69 Å². The summed E-state index contributed by atoms with van der Waals surface area (Å²) in [4.78, 5) is 0. The van der Waals surface area contributed by atoms with Gasteiger partial charge < -0.3 is 5.32 Å². The van der Waals surface area contributed by atoms with Crippen LogP contribution in [0.2, 0.25) is 0 Å². The van der Waals surface area contributed by atoms with E-state index in [9.17, 15) is 8.42 Å². The number of nitrogens with one attached hydrogen (secondary N) is 1. The number of sulfonamides is 1. The lowest BCUT2D eigenvalue weighted by atomic mass is 10.0. The van der Waals surface area contributed by atoms with Gasteiger partial charge in [-0.3, -0.25) is 0 Å². The molecule has 0 aromatic heterocycles. The van der Waals surface area contributed by atoms with Crippen molar-refractivity contribution in [1.29, 1.82) is 0 Å². The molecule has 5 heteroatoms. The van der Waals surface area contributed by atoms with Crippen molar-refractivity contribution in [2.75, 3.05) is 5.32 Å². The Bertz CT molecular complexity index is 667. The van der Waals surface area contributed by atoms with Crippen molar-refractivity contribution in [3.63, 3.8) is 0 Å². The summed E-state index contributed by atoms with van der Waals surface area (Å²) in [6.07, 6.45) is 0.961. The predicted octanol–water partition coefficient (Wildman–Crippen LogP) is 3.04. The summed E-state index contributed by atoms with van der Waals surface area (Å²) in [6, 6.07) is 17.8. The lowest BCUT2D eigenvalue weighted by Crippen LogP contribution is -2.14. The van der Waals surface area contributed by atoms with Gasteiger partial charge in [0.15, 0.2) is 0 Å². The average molecular weight is 304 g/mol. The number of primary sulfonamides is 1. The number of benzene rings is 2. The Balaban J connectivity index is 2.09. The molecule has 0 amide bonds. The largest absolute Gasteiger partial charge is 0.378 e. The van der Waals surface area contributed by atoms with Gasteiger partial charge in [-0.1, -0.05) is 49.4 Å². The molecule has 0 aliphatic rings. The van der Waals surface area contributed by atoms with Crippen LogP contribution in [0, 0.1) is 0 Å². The van der Waals surface area contributed by atoms with E-state index in [1.807, 2.05) is 30.3 Å². The topological polar surface area (TPSA) is 72.2 Å². The van der Waals surface area contributed by atoms with Gasteiger partial charge >= 0.3 is 0 Å². The molecule has 2 rings (SSSR count). The molecule has 0 aliphatic carbocycles. The molecule has 0 aliphatic heterocycles. The fourth-order valence-electron chi connectivity index (χ4n) is 2.24. The first-order chi connectivity index (χ1) is 9.98. The SMILES string of the molecule is CCC(Nc1ccc(CS(N)(=O)=O)cc1)c1ccccc1. The minimum Gasteiger partial charge on any atom is -0.378 e. The van der Waals surface area contributed by atoms with E-state index in [1.165, 1.54) is 5.56 Å². The third-order valence-corrected chi connectivity index (χ3v) is 4.01. The molecule has 2 aromatic carbocycles. The molecule has 21 heavy (non-hydrogen) atoms. The molecule has 3 N–H and O–H groups in total. The normalized spacial score (nSPS) is 12.9. The molecule has 1 unspecified atom stereocenters. The molecule has 0 saturated heterocycles. The van der Waals surface area contributed by atoms with Crippen LogP contribution in [0.1, 0.15) is 30.5 Å². The second kappa shape index (κ2) is 6.74. The number of nitrogens with two attached hydrogens (primary N) is 1. The molecule has 0 radical (unpaired) electrons. The van der Waals surface area contributed by atoms with Gasteiger partial charge in [0.1, 0.15) is 0 Å². The molecule has 2 aromatic rings. The zero-order valence-corrected chi connectivity index (χ0v) is 12.8. The monoisotopic (exact) mass is 304 g/mol. The summed E-state index contributed by atoms with van der Waals surface area (Å²) < 4.78 is 22.1. The summed E-state index contributed by atoms with van der Waals surface area (Å²) >= 11 is 0. The molecule has 0 bridgehead atoms. The predicted molar refractivity (Wildman–Crippen MR) is 86.3 cm³/mol. The minimum absolute atomic E-state index is 0.136. The maximum atomic E-state index is 11.1. The summed E-state index contributed by atoms with van der Waals surface area (Å²) in [5.74, 6) is -0.136. The highest BCUT2D eigenvalue weighted by Gasteiger charge is 2.09. The quantitative estimate of drug-likeness (QED) is 0.861. The minimum atomic E-state index is -3.48. The number of rotatable bonds is 6. The van der Waals surface area contributed by atoms with Crippen LogP contribution in [0.3, 0.4) is 0 Å². The molecule has 0 heterocycles. The highest BCUT2D eigenvalue weighted by Crippen LogP contribution is 2.22. The smallest absolute Gasteiger partial charge is 0.213 e. The van der Waals surface area contributed by atoms with Crippen molar-refractivity contribution >= 4 is 15.7 Å². The van der Waals surface area contributed by atoms with Gasteiger partial charge in [-0.15, -0.1) is 0 Å². The molecule has 0 fully saturated rings. The van der Waals surface area contributed by atoms with E-state index in [4.69, 9.17) is 5.14 Å². The van der Waals surface area contributed by atoms with E-state index in [-0.39, 0.29) is 11.8 Å². The molecule has 0 saturated carbocycles. The Labute approximate surface area is 126 Å². The second-order valence-corrected chi connectivity index (χ2v) is 6.63. The number of hydrogen-bond acceptors (Lipinski definition) is 3. The maximum absolute atomic E-state index is 11.1. The third kappa shape index (κ3) is 4.88. The standard InChI is InChI=1S/C16H20N2O2S/c1-2-16(14-6-4-3-5-7-14)18-15-10-8-13(9-11-15)12-21(17,19)20/h3-11,16,18H,2,12H2,1H3,(H2,17,19,20). The van der Waals surface area contributed by atoms with Gasteiger partial charge in [0.2, 0.25) is 10.0 Å². The summed E-state index contributed by atoms with van der Waals surface area (Å²) in [5, 5.41) is 8.49. The van der Waals surface area contributed by atoms with Gasteiger partial charge in [0, 0.05) is 5.69 Å². The van der Waals surface area contributed by atoms with Gasteiger partial charge in [-0.05, 0) is 29.7 Å². The van der Waals surface area contributed by atoms with Gasteiger partial charge in [-0.2, -0.15) is 0 Å². The highest BCUT2D eigenvalue weighted by atomic mass is 32.2. The summed E-state index contributed by atoms with van der Waals surface area (Å²) in [7, 11) is -3.48. The van der Waals surface area contributed by atoms with Gasteiger partial charge in [0.05, 0.1) is 11.8 Å². The molecule has 1 atom stereocenters. The molecule has 112 valence electrons. The maximum Gasteiger partial charge on any atom is 0.213 e. The van der Waals surface area contributed by atoms with Crippen molar-refractivity contribution in [2.45, 2.75) is 25.1 Å². The Morgan fingerprint density at radius 2 is 1.67 bits per heavy atom. The number of hydrogen-bond donors (Lipinski definition) is 2. The summed E-state index contributed by atoms with van der Waals surface area (Å²) in [5.41, 5.74) is 2.88. The van der Waals surface area contributed by atoms with Crippen LogP contribution < -0.4 is 10.5 Å². The van der Waals surface area contributed by atoms with Crippen molar-refractivity contribution in [3.05, 3.63) is 65.7 Å². The zero-order chi connectivity index (χ0) is 15.3. The van der Waals surface area contributed by atoms with Crippen LogP contribution in [0.25, 0.3) is 0 Å². The first kappa shape index (κ1) is 15.5. The van der Waals surface area contributed by atoms with E-state index in [0.29, 0.717) is 5.56 Å². The van der Waals surface area contributed by atoms with E-state index >= 15 is 0 Å². The van der Waals surface area contributed by atoms with Crippen LogP contribution >= 0.6 is 0 Å². The zero-order valence-electron chi connectivity index (χ0n) is 12.0. The van der Waals surface area contributed by atoms with Crippen molar-refractivity contribution in [1.82, 2.24) is 0 Å². The first-order valence-electron chi connectivity index (χ1n) is 6.89. The molecular weight excluding hydrogens is 284 g/mol. The van der Waals surface area contributed by atoms with Crippen LogP contribution in [-0.4, -0.2) is 8.42 Å². The molecule has 0 spiro atoms. The van der Waals surface area contributed by atoms with Gasteiger partial charge in [-0.25, -0.2) is 13.6 Å². The van der Waals surface area contributed by atoms with E-state index in [1.54, 1.807) is 12.1 Å². The lowest BCUT2D eigenvalue weighted by molar-refractivity contribution is 0.597. The molecular formula is C16H20N2O2S. The second-order valence-electron chi connectivity index (χ2n) is 5.02. The van der Waals surface area contributed by atoms with Gasteiger partial charge in [0.25, 0.3) is 0 Å². The Morgan fingerprint density at radius 3 is 2.19 bits per heavy atom. The Morgan fingerprint density at radius 1 is 1.05 bits per heavy atom. The Kier molecular flexibility index (Phi) is 4.98.